The summed E-state index contributed by atoms with van der Waals surface area (Å²) in [5, 5.41) is 3.34. The lowest BCUT2D eigenvalue weighted by Gasteiger charge is -2.38. The van der Waals surface area contributed by atoms with E-state index >= 15 is 0 Å². The molecule has 3 fully saturated rings. The van der Waals surface area contributed by atoms with Crippen LogP contribution in [0.2, 0.25) is 0 Å². The average Bonchev–Trinajstić information content (AvgIpc) is 3.34. The van der Waals surface area contributed by atoms with Gasteiger partial charge < -0.3 is 14.5 Å². The standard InChI is InChI=1S/C27H38N2O3/c30-27(21-12-17-31-18-13-21)28-22-9-7-20(8-10-22)11-16-29-15-2-1-5-25(29)23-14-19-32-26-6-3-4-24(23)26/h3-4,6,14,19-22,25H,1-2,5,7-13,15-18H2,(H,28,30)/t20-,22-,25?. The van der Waals surface area contributed by atoms with Crippen molar-refractivity contribution >= 4 is 5.91 Å². The van der Waals surface area contributed by atoms with Gasteiger partial charge in [-0.05, 0) is 94.5 Å². The number of likely N-dealkylation sites (tertiary alicyclic amines) is 1. The number of hydrogen-bond donors (Lipinski definition) is 1. The van der Waals surface area contributed by atoms with Crippen molar-refractivity contribution in [2.45, 2.75) is 76.3 Å². The second kappa shape index (κ2) is 10.4. The molecule has 0 aromatic carbocycles. The molecule has 0 aromatic heterocycles. The van der Waals surface area contributed by atoms with Crippen LogP contribution in [0.1, 0.15) is 75.8 Å². The Morgan fingerprint density at radius 2 is 1.84 bits per heavy atom. The Labute approximate surface area is 192 Å². The highest BCUT2D eigenvalue weighted by Gasteiger charge is 2.30. The van der Waals surface area contributed by atoms with Crippen molar-refractivity contribution in [1.29, 1.82) is 0 Å². The molecule has 2 aliphatic carbocycles. The fourth-order valence-corrected chi connectivity index (χ4v) is 6.14. The highest BCUT2D eigenvalue weighted by molar-refractivity contribution is 5.79. The van der Waals surface area contributed by atoms with Gasteiger partial charge in [-0.25, -0.2) is 0 Å². The Hall–Kier alpha value is -1.85. The minimum Gasteiger partial charge on any atom is -0.464 e. The SMILES string of the molecule is O=C(N[C@H]1CC[C@H](CCN2CCCCC2c2ccoc3cccc2-3)CC1)C1CCOCC1. The molecule has 5 aliphatic rings. The van der Waals surface area contributed by atoms with Crippen LogP contribution in [0.15, 0.2) is 34.9 Å². The lowest BCUT2D eigenvalue weighted by Crippen LogP contribution is -2.42. The first kappa shape index (κ1) is 22.0. The molecule has 0 bridgehead atoms. The largest absolute Gasteiger partial charge is 0.464 e. The molecular weight excluding hydrogens is 400 g/mol. The zero-order valence-electron chi connectivity index (χ0n) is 19.3. The van der Waals surface area contributed by atoms with Crippen molar-refractivity contribution in [1.82, 2.24) is 10.2 Å². The van der Waals surface area contributed by atoms with Gasteiger partial charge in [0.1, 0.15) is 5.76 Å². The van der Waals surface area contributed by atoms with E-state index in [4.69, 9.17) is 9.15 Å². The monoisotopic (exact) mass is 438 g/mol. The molecule has 0 aromatic rings. The van der Waals surface area contributed by atoms with Crippen LogP contribution >= 0.6 is 0 Å². The minimum absolute atomic E-state index is 0.164. The number of fused-ring (bicyclic) bond motifs is 1. The van der Waals surface area contributed by atoms with Crippen LogP contribution in [-0.2, 0) is 9.53 Å². The van der Waals surface area contributed by atoms with E-state index in [2.05, 4.69) is 34.5 Å². The highest BCUT2D eigenvalue weighted by Crippen LogP contribution is 2.39. The molecule has 3 heterocycles. The second-order valence-corrected chi connectivity index (χ2v) is 10.1. The normalized spacial score (nSPS) is 28.1. The minimum atomic E-state index is 0.164. The van der Waals surface area contributed by atoms with Crippen LogP contribution < -0.4 is 5.32 Å². The third kappa shape index (κ3) is 5.04. The first-order valence-electron chi connectivity index (χ1n) is 12.9. The summed E-state index contributed by atoms with van der Waals surface area (Å²) in [5.41, 5.74) is 2.72. The van der Waals surface area contributed by atoms with Gasteiger partial charge in [-0.1, -0.05) is 18.6 Å². The topological polar surface area (TPSA) is 54.7 Å². The number of ether oxygens (including phenoxy) is 1. The summed E-state index contributed by atoms with van der Waals surface area (Å²) < 4.78 is 11.1. The summed E-state index contributed by atoms with van der Waals surface area (Å²) in [5.74, 6) is 2.23. The molecule has 5 rings (SSSR count). The highest BCUT2D eigenvalue weighted by atomic mass is 16.5. The Morgan fingerprint density at radius 1 is 1.00 bits per heavy atom. The molecule has 174 valence electrons. The van der Waals surface area contributed by atoms with E-state index in [1.165, 1.54) is 62.7 Å². The average molecular weight is 439 g/mol. The lowest BCUT2D eigenvalue weighted by molar-refractivity contribution is -0.128. The fourth-order valence-electron chi connectivity index (χ4n) is 6.14. The molecule has 1 unspecified atom stereocenters. The van der Waals surface area contributed by atoms with Crippen LogP contribution in [-0.4, -0.2) is 43.2 Å². The summed E-state index contributed by atoms with van der Waals surface area (Å²) in [4.78, 5) is 15.3. The molecule has 1 N–H and O–H groups in total. The maximum atomic E-state index is 12.5. The Balaban J connectivity index is 1.11. The van der Waals surface area contributed by atoms with Gasteiger partial charge >= 0.3 is 0 Å². The number of nitrogens with one attached hydrogen (secondary N) is 1. The van der Waals surface area contributed by atoms with Crippen molar-refractivity contribution < 1.29 is 13.9 Å². The number of piperidine rings is 1. The number of hydrogen-bond acceptors (Lipinski definition) is 4. The smallest absolute Gasteiger partial charge is 0.223 e. The van der Waals surface area contributed by atoms with Gasteiger partial charge in [-0.15, -0.1) is 0 Å². The van der Waals surface area contributed by atoms with Gasteiger partial charge in [-0.2, -0.15) is 0 Å². The van der Waals surface area contributed by atoms with E-state index in [-0.39, 0.29) is 11.8 Å². The van der Waals surface area contributed by atoms with Crippen molar-refractivity contribution in [2.75, 3.05) is 26.3 Å². The van der Waals surface area contributed by atoms with Gasteiger partial charge in [0.2, 0.25) is 5.91 Å². The Bertz CT molecular complexity index is 835. The molecule has 2 saturated heterocycles. The number of rotatable bonds is 6. The zero-order chi connectivity index (χ0) is 21.8. The van der Waals surface area contributed by atoms with Crippen molar-refractivity contribution in [3.05, 3.63) is 36.1 Å². The summed E-state index contributed by atoms with van der Waals surface area (Å²) in [6.45, 7) is 3.85. The molecule has 1 atom stereocenters. The van der Waals surface area contributed by atoms with E-state index in [0.29, 0.717) is 12.1 Å². The van der Waals surface area contributed by atoms with Crippen LogP contribution in [0, 0.1) is 11.8 Å². The summed E-state index contributed by atoms with van der Waals surface area (Å²) in [6.07, 6.45) is 13.5. The third-order valence-corrected chi connectivity index (χ3v) is 8.11. The van der Waals surface area contributed by atoms with Gasteiger partial charge in [0.05, 0.1) is 6.26 Å². The Kier molecular flexibility index (Phi) is 7.13. The van der Waals surface area contributed by atoms with Crippen LogP contribution in [0.4, 0.5) is 0 Å². The molecule has 32 heavy (non-hydrogen) atoms. The van der Waals surface area contributed by atoms with E-state index in [1.807, 2.05) is 6.26 Å². The van der Waals surface area contributed by atoms with Crippen LogP contribution in [0.25, 0.3) is 11.3 Å². The van der Waals surface area contributed by atoms with E-state index in [1.54, 1.807) is 0 Å². The number of amides is 1. The molecule has 5 heteroatoms. The summed E-state index contributed by atoms with van der Waals surface area (Å²) in [7, 11) is 0. The number of nitrogens with zero attached hydrogens (tertiary/aromatic N) is 1. The molecule has 3 aliphatic heterocycles. The van der Waals surface area contributed by atoms with Gasteiger partial charge in [0, 0.05) is 36.8 Å². The number of carbonyl (C=O) groups excluding carboxylic acids is 1. The zero-order valence-corrected chi connectivity index (χ0v) is 19.3. The quantitative estimate of drug-likeness (QED) is 0.656. The van der Waals surface area contributed by atoms with Crippen molar-refractivity contribution in [2.24, 2.45) is 11.8 Å². The third-order valence-electron chi connectivity index (χ3n) is 8.11. The van der Waals surface area contributed by atoms with E-state index < -0.39 is 0 Å². The fraction of sp³-hybridized carbons (Fsp3) is 0.667. The summed E-state index contributed by atoms with van der Waals surface area (Å²) in [6, 6.07) is 9.47. The van der Waals surface area contributed by atoms with Gasteiger partial charge in [-0.3, -0.25) is 9.69 Å². The van der Waals surface area contributed by atoms with E-state index in [0.717, 1.165) is 50.6 Å². The van der Waals surface area contributed by atoms with Gasteiger partial charge in [0.25, 0.3) is 0 Å². The molecule has 0 spiro atoms. The maximum Gasteiger partial charge on any atom is 0.223 e. The molecule has 1 saturated carbocycles. The van der Waals surface area contributed by atoms with E-state index in [9.17, 15) is 4.79 Å². The first-order valence-corrected chi connectivity index (χ1v) is 12.9. The summed E-state index contributed by atoms with van der Waals surface area (Å²) >= 11 is 0. The predicted octanol–water partition coefficient (Wildman–Crippen LogP) is 5.40. The number of carbonyl (C=O) groups is 1. The molecule has 5 nitrogen and oxygen atoms in total. The lowest BCUT2D eigenvalue weighted by atomic mass is 9.83. The second-order valence-electron chi connectivity index (χ2n) is 10.1. The van der Waals surface area contributed by atoms with Crippen LogP contribution in [0.5, 0.6) is 0 Å². The molecule has 0 radical (unpaired) electrons. The maximum absolute atomic E-state index is 12.5. The van der Waals surface area contributed by atoms with Crippen molar-refractivity contribution in [3.8, 4) is 11.3 Å². The molecular formula is C27H38N2O3. The van der Waals surface area contributed by atoms with Crippen molar-refractivity contribution in [3.63, 3.8) is 0 Å². The predicted molar refractivity (Wildman–Crippen MR) is 126 cm³/mol. The Morgan fingerprint density at radius 3 is 2.69 bits per heavy atom. The first-order chi connectivity index (χ1) is 15.8. The van der Waals surface area contributed by atoms with Gasteiger partial charge in [0.15, 0.2) is 0 Å². The molecule has 1 amide bonds. The van der Waals surface area contributed by atoms with Crippen LogP contribution in [0.3, 0.4) is 0 Å².